The van der Waals surface area contributed by atoms with Crippen molar-refractivity contribution < 1.29 is 0 Å². The van der Waals surface area contributed by atoms with Gasteiger partial charge in [0, 0.05) is 19.0 Å². The van der Waals surface area contributed by atoms with E-state index in [1.165, 1.54) is 0 Å². The number of hydrogen-bond donors (Lipinski definition) is 1. The van der Waals surface area contributed by atoms with Gasteiger partial charge in [0.05, 0.1) is 6.54 Å². The number of nitrogens with zero attached hydrogens (tertiary/aromatic N) is 3. The van der Waals surface area contributed by atoms with Crippen molar-refractivity contribution in [3.05, 3.63) is 12.2 Å². The number of alkyl halides is 1. The van der Waals surface area contributed by atoms with E-state index >= 15 is 0 Å². The summed E-state index contributed by atoms with van der Waals surface area (Å²) in [6.07, 6.45) is 1.62. The molecule has 1 aromatic heterocycles. The van der Waals surface area contributed by atoms with E-state index in [2.05, 4.69) is 43.1 Å². The Morgan fingerprint density at radius 3 is 2.76 bits per heavy atom. The molecule has 0 fully saturated rings. The number of aromatic nitrogens is 3. The number of rotatable bonds is 7. The molecule has 0 unspecified atom stereocenters. The van der Waals surface area contributed by atoms with Gasteiger partial charge in [0.1, 0.15) is 12.2 Å². The molecular weight excluding hydrogens is 236 g/mol. The Bertz CT molecular complexity index is 333. The van der Waals surface area contributed by atoms with E-state index < -0.39 is 0 Å². The molecule has 1 aromatic rings. The third kappa shape index (κ3) is 5.04. The summed E-state index contributed by atoms with van der Waals surface area (Å²) >= 11 is 5.88. The molecule has 0 bridgehead atoms. The molecule has 1 rings (SSSR count). The minimum absolute atomic E-state index is 0.116. The molecule has 4 nitrogen and oxygen atoms in total. The molecule has 0 amide bonds. The fraction of sp³-hybridized carbons (Fsp3) is 0.833. The van der Waals surface area contributed by atoms with E-state index in [9.17, 15) is 0 Å². The van der Waals surface area contributed by atoms with Gasteiger partial charge in [-0.25, -0.2) is 9.67 Å². The third-order valence-electron chi connectivity index (χ3n) is 2.48. The molecule has 98 valence electrons. The standard InChI is InChI=1S/C12H23ClN4/c1-10(2)6-17-11(15-9-16-17)5-14-8-12(3,4)7-13/h9-10,14H,5-8H2,1-4H3. The van der Waals surface area contributed by atoms with Crippen LogP contribution in [0.1, 0.15) is 33.5 Å². The highest BCUT2D eigenvalue weighted by Gasteiger charge is 2.16. The van der Waals surface area contributed by atoms with Gasteiger partial charge in [-0.05, 0) is 11.3 Å². The van der Waals surface area contributed by atoms with Crippen LogP contribution in [-0.2, 0) is 13.1 Å². The highest BCUT2D eigenvalue weighted by molar-refractivity contribution is 6.18. The van der Waals surface area contributed by atoms with Crippen molar-refractivity contribution >= 4 is 11.6 Å². The van der Waals surface area contributed by atoms with Crippen LogP contribution in [0.15, 0.2) is 6.33 Å². The molecule has 0 aliphatic rings. The summed E-state index contributed by atoms with van der Waals surface area (Å²) in [4.78, 5) is 4.27. The van der Waals surface area contributed by atoms with Crippen LogP contribution < -0.4 is 5.32 Å². The number of hydrogen-bond acceptors (Lipinski definition) is 3. The minimum atomic E-state index is 0.116. The molecule has 1 N–H and O–H groups in total. The lowest BCUT2D eigenvalue weighted by Crippen LogP contribution is -2.31. The molecule has 0 saturated carbocycles. The zero-order chi connectivity index (χ0) is 12.9. The molecule has 0 aromatic carbocycles. The summed E-state index contributed by atoms with van der Waals surface area (Å²) in [6, 6.07) is 0. The molecular formula is C12H23ClN4. The molecule has 0 saturated heterocycles. The van der Waals surface area contributed by atoms with Gasteiger partial charge in [0.25, 0.3) is 0 Å². The van der Waals surface area contributed by atoms with Crippen molar-refractivity contribution in [3.8, 4) is 0 Å². The van der Waals surface area contributed by atoms with Crippen LogP contribution in [0.5, 0.6) is 0 Å². The van der Waals surface area contributed by atoms with Gasteiger partial charge in [-0.2, -0.15) is 5.10 Å². The van der Waals surface area contributed by atoms with Gasteiger partial charge in [-0.15, -0.1) is 11.6 Å². The fourth-order valence-electron chi connectivity index (χ4n) is 1.48. The van der Waals surface area contributed by atoms with Gasteiger partial charge >= 0.3 is 0 Å². The van der Waals surface area contributed by atoms with Crippen LogP contribution in [0, 0.1) is 11.3 Å². The average molecular weight is 259 g/mol. The van der Waals surface area contributed by atoms with Crippen molar-refractivity contribution in [2.45, 2.75) is 40.8 Å². The first-order valence-electron chi connectivity index (χ1n) is 6.08. The van der Waals surface area contributed by atoms with Crippen LogP contribution in [0.2, 0.25) is 0 Å². The molecule has 5 heteroatoms. The van der Waals surface area contributed by atoms with Crippen molar-refractivity contribution in [2.24, 2.45) is 11.3 Å². The van der Waals surface area contributed by atoms with E-state index in [1.807, 2.05) is 4.68 Å². The normalized spacial score (nSPS) is 12.4. The van der Waals surface area contributed by atoms with Crippen LogP contribution in [-0.4, -0.2) is 27.2 Å². The molecule has 0 spiro atoms. The van der Waals surface area contributed by atoms with Crippen molar-refractivity contribution in [2.75, 3.05) is 12.4 Å². The first-order valence-corrected chi connectivity index (χ1v) is 6.61. The lowest BCUT2D eigenvalue weighted by atomic mass is 9.97. The van der Waals surface area contributed by atoms with Crippen molar-refractivity contribution in [1.82, 2.24) is 20.1 Å². The van der Waals surface area contributed by atoms with Crippen LogP contribution in [0.25, 0.3) is 0 Å². The molecule has 0 atom stereocenters. The van der Waals surface area contributed by atoms with E-state index in [1.54, 1.807) is 6.33 Å². The largest absolute Gasteiger partial charge is 0.309 e. The maximum Gasteiger partial charge on any atom is 0.140 e. The molecule has 17 heavy (non-hydrogen) atoms. The highest BCUT2D eigenvalue weighted by Crippen LogP contribution is 2.15. The molecule has 0 radical (unpaired) electrons. The van der Waals surface area contributed by atoms with Crippen LogP contribution in [0.3, 0.4) is 0 Å². The molecule has 0 aliphatic heterocycles. The van der Waals surface area contributed by atoms with Crippen LogP contribution in [0.4, 0.5) is 0 Å². The number of nitrogens with one attached hydrogen (secondary N) is 1. The summed E-state index contributed by atoms with van der Waals surface area (Å²) in [7, 11) is 0. The number of halogens is 1. The Labute approximate surface area is 109 Å². The average Bonchev–Trinajstić information content (AvgIpc) is 2.65. The fourth-order valence-corrected chi connectivity index (χ4v) is 1.58. The topological polar surface area (TPSA) is 42.7 Å². The molecule has 1 heterocycles. The van der Waals surface area contributed by atoms with Gasteiger partial charge in [-0.3, -0.25) is 0 Å². The Morgan fingerprint density at radius 2 is 2.18 bits per heavy atom. The van der Waals surface area contributed by atoms with E-state index in [4.69, 9.17) is 11.6 Å². The monoisotopic (exact) mass is 258 g/mol. The predicted molar refractivity (Wildman–Crippen MR) is 71.1 cm³/mol. The summed E-state index contributed by atoms with van der Waals surface area (Å²) in [5.74, 6) is 2.22. The molecule has 0 aliphatic carbocycles. The quantitative estimate of drug-likeness (QED) is 0.763. The summed E-state index contributed by atoms with van der Waals surface area (Å²) in [5.41, 5.74) is 0.116. The smallest absolute Gasteiger partial charge is 0.140 e. The second-order valence-corrected chi connectivity index (χ2v) is 5.92. The summed E-state index contributed by atoms with van der Waals surface area (Å²) in [6.45, 7) is 11.2. The first-order chi connectivity index (χ1) is 7.94. The van der Waals surface area contributed by atoms with Gasteiger partial charge in [-0.1, -0.05) is 27.7 Å². The SMILES string of the molecule is CC(C)Cn1ncnc1CNCC(C)(C)CCl. The lowest BCUT2D eigenvalue weighted by molar-refractivity contribution is 0.376. The van der Waals surface area contributed by atoms with Gasteiger partial charge in [0.2, 0.25) is 0 Å². The Morgan fingerprint density at radius 1 is 1.47 bits per heavy atom. The van der Waals surface area contributed by atoms with Gasteiger partial charge in [0.15, 0.2) is 0 Å². The minimum Gasteiger partial charge on any atom is -0.309 e. The maximum absolute atomic E-state index is 5.88. The van der Waals surface area contributed by atoms with Crippen molar-refractivity contribution in [1.29, 1.82) is 0 Å². The Hall–Kier alpha value is -0.610. The summed E-state index contributed by atoms with van der Waals surface area (Å²) in [5, 5.41) is 7.62. The van der Waals surface area contributed by atoms with E-state index in [0.29, 0.717) is 11.8 Å². The third-order valence-corrected chi connectivity index (χ3v) is 3.21. The summed E-state index contributed by atoms with van der Waals surface area (Å²) < 4.78 is 1.96. The second-order valence-electron chi connectivity index (χ2n) is 5.65. The van der Waals surface area contributed by atoms with Crippen LogP contribution >= 0.6 is 11.6 Å². The zero-order valence-corrected chi connectivity index (χ0v) is 12.0. The van der Waals surface area contributed by atoms with Gasteiger partial charge < -0.3 is 5.32 Å². The highest BCUT2D eigenvalue weighted by atomic mass is 35.5. The van der Waals surface area contributed by atoms with E-state index in [0.717, 1.165) is 25.5 Å². The second kappa shape index (κ2) is 6.36. The Balaban J connectivity index is 2.44. The zero-order valence-electron chi connectivity index (χ0n) is 11.2. The van der Waals surface area contributed by atoms with E-state index in [-0.39, 0.29) is 5.41 Å². The lowest BCUT2D eigenvalue weighted by Gasteiger charge is -2.21. The predicted octanol–water partition coefficient (Wildman–Crippen LogP) is 2.29. The van der Waals surface area contributed by atoms with Crippen molar-refractivity contribution in [3.63, 3.8) is 0 Å². The maximum atomic E-state index is 5.88. The first kappa shape index (κ1) is 14.5. The Kier molecular flexibility index (Phi) is 5.40.